The van der Waals surface area contributed by atoms with Crippen molar-refractivity contribution in [3.05, 3.63) is 47.4 Å². The summed E-state index contributed by atoms with van der Waals surface area (Å²) in [5.41, 5.74) is 0.984. The summed E-state index contributed by atoms with van der Waals surface area (Å²) in [6, 6.07) is 9.64. The van der Waals surface area contributed by atoms with E-state index in [1.807, 2.05) is 51.1 Å². The van der Waals surface area contributed by atoms with Gasteiger partial charge >= 0.3 is 0 Å². The largest absolute Gasteiger partial charge is 0.623 e. The van der Waals surface area contributed by atoms with E-state index in [0.717, 1.165) is 10.4 Å². The number of aromatic nitrogens is 3. The third kappa shape index (κ3) is 2.74. The van der Waals surface area contributed by atoms with E-state index in [1.54, 1.807) is 10.9 Å². The van der Waals surface area contributed by atoms with Crippen molar-refractivity contribution in [3.8, 4) is 5.69 Å². The zero-order valence-corrected chi connectivity index (χ0v) is 10.7. The Morgan fingerprint density at radius 3 is 2.50 bits per heavy atom. The third-order valence-corrected chi connectivity index (χ3v) is 2.44. The van der Waals surface area contributed by atoms with Crippen LogP contribution in [-0.2, 0) is 0 Å². The van der Waals surface area contributed by atoms with E-state index in [1.165, 1.54) is 6.21 Å². The van der Waals surface area contributed by atoms with Gasteiger partial charge in [-0.1, -0.05) is 23.4 Å². The molecule has 0 saturated carbocycles. The minimum absolute atomic E-state index is 0.476. The van der Waals surface area contributed by atoms with Gasteiger partial charge in [-0.15, -0.1) is 5.10 Å². The Morgan fingerprint density at radius 1 is 1.22 bits per heavy atom. The van der Waals surface area contributed by atoms with E-state index in [4.69, 9.17) is 0 Å². The molecule has 0 bridgehead atoms. The van der Waals surface area contributed by atoms with Crippen molar-refractivity contribution in [2.24, 2.45) is 0 Å². The van der Waals surface area contributed by atoms with E-state index in [9.17, 15) is 5.21 Å². The van der Waals surface area contributed by atoms with E-state index in [-0.39, 0.29) is 0 Å². The van der Waals surface area contributed by atoms with Crippen molar-refractivity contribution in [2.75, 3.05) is 0 Å². The maximum absolute atomic E-state index is 11.8. The Balaban J connectivity index is 2.27. The van der Waals surface area contributed by atoms with Crippen molar-refractivity contribution in [3.63, 3.8) is 0 Å². The molecule has 94 valence electrons. The number of nitrogens with zero attached hydrogens (tertiary/aromatic N) is 4. The highest BCUT2D eigenvalue weighted by Gasteiger charge is 2.18. The maximum Gasteiger partial charge on any atom is 0.204 e. The van der Waals surface area contributed by atoms with Crippen LogP contribution in [0.15, 0.2) is 36.5 Å². The molecule has 0 spiro atoms. The van der Waals surface area contributed by atoms with Gasteiger partial charge in [-0.3, -0.25) is 0 Å². The molecule has 0 amide bonds. The molecule has 0 fully saturated rings. The van der Waals surface area contributed by atoms with Crippen LogP contribution in [-0.4, -0.2) is 31.5 Å². The molecule has 2 rings (SSSR count). The summed E-state index contributed by atoms with van der Waals surface area (Å²) in [7, 11) is 0. The highest BCUT2D eigenvalue weighted by molar-refractivity contribution is 5.72. The van der Waals surface area contributed by atoms with E-state index >= 15 is 0 Å². The molecule has 0 aliphatic heterocycles. The number of hydroxylamine groups is 1. The standard InChI is InChI=1S/C13H16N4O/c1-13(2,3)17(18)10-11-9-16(15-14-11)12-7-5-4-6-8-12/h4-10H,1-3H3/b17-10-. The second kappa shape index (κ2) is 4.60. The summed E-state index contributed by atoms with van der Waals surface area (Å²) in [6.45, 7) is 5.54. The Morgan fingerprint density at radius 2 is 1.89 bits per heavy atom. The average Bonchev–Trinajstić information content (AvgIpc) is 2.77. The summed E-state index contributed by atoms with van der Waals surface area (Å²) >= 11 is 0. The molecule has 0 N–H and O–H groups in total. The van der Waals surface area contributed by atoms with Gasteiger partial charge in [-0.05, 0) is 12.1 Å². The molecule has 18 heavy (non-hydrogen) atoms. The summed E-state index contributed by atoms with van der Waals surface area (Å²) in [4.78, 5) is 0. The van der Waals surface area contributed by atoms with Crippen LogP contribution in [0.4, 0.5) is 0 Å². The Bertz CT molecular complexity index is 552. The zero-order valence-electron chi connectivity index (χ0n) is 10.7. The van der Waals surface area contributed by atoms with Gasteiger partial charge in [0.1, 0.15) is 0 Å². The Kier molecular flexibility index (Phi) is 3.14. The van der Waals surface area contributed by atoms with E-state index in [2.05, 4.69) is 10.3 Å². The highest BCUT2D eigenvalue weighted by atomic mass is 16.5. The highest BCUT2D eigenvalue weighted by Crippen LogP contribution is 2.07. The van der Waals surface area contributed by atoms with Crippen LogP contribution in [0.1, 0.15) is 26.5 Å². The lowest BCUT2D eigenvalue weighted by molar-refractivity contribution is -0.530. The summed E-state index contributed by atoms with van der Waals surface area (Å²) < 4.78 is 2.52. The lowest BCUT2D eigenvalue weighted by atomic mass is 10.1. The number of para-hydroxylation sites is 1. The van der Waals surface area contributed by atoms with Gasteiger partial charge in [0.2, 0.25) is 6.21 Å². The van der Waals surface area contributed by atoms with Gasteiger partial charge in [-0.2, -0.15) is 0 Å². The molecule has 0 aliphatic carbocycles. The fraction of sp³-hybridized carbons (Fsp3) is 0.308. The normalized spacial score (nSPS) is 12.7. The van der Waals surface area contributed by atoms with Crippen LogP contribution in [0, 0.1) is 5.21 Å². The fourth-order valence-corrected chi connectivity index (χ4v) is 1.36. The molecule has 0 unspecified atom stereocenters. The van der Waals surface area contributed by atoms with Crippen LogP contribution in [0.3, 0.4) is 0 Å². The van der Waals surface area contributed by atoms with Crippen molar-refractivity contribution >= 4 is 6.21 Å². The predicted octanol–water partition coefficient (Wildman–Crippen LogP) is 1.99. The molecule has 0 radical (unpaired) electrons. The smallest absolute Gasteiger partial charge is 0.204 e. The summed E-state index contributed by atoms with van der Waals surface area (Å²) in [5.74, 6) is 0. The third-order valence-electron chi connectivity index (χ3n) is 2.44. The summed E-state index contributed by atoms with van der Waals surface area (Å²) in [5, 5.41) is 19.7. The number of benzene rings is 1. The lowest BCUT2D eigenvalue weighted by Gasteiger charge is -2.17. The molecule has 5 nitrogen and oxygen atoms in total. The molecular weight excluding hydrogens is 228 g/mol. The molecule has 1 heterocycles. The zero-order chi connectivity index (χ0) is 13.2. The van der Waals surface area contributed by atoms with Crippen LogP contribution in [0.2, 0.25) is 0 Å². The molecule has 0 aliphatic rings. The minimum atomic E-state index is -0.476. The first-order valence-electron chi connectivity index (χ1n) is 5.76. The van der Waals surface area contributed by atoms with Crippen molar-refractivity contribution in [1.82, 2.24) is 15.0 Å². The minimum Gasteiger partial charge on any atom is -0.623 e. The second-order valence-electron chi connectivity index (χ2n) is 5.05. The first-order chi connectivity index (χ1) is 8.47. The van der Waals surface area contributed by atoms with Crippen LogP contribution < -0.4 is 0 Å². The maximum atomic E-state index is 11.8. The van der Waals surface area contributed by atoms with Gasteiger partial charge < -0.3 is 5.21 Å². The van der Waals surface area contributed by atoms with Crippen LogP contribution >= 0.6 is 0 Å². The van der Waals surface area contributed by atoms with Crippen molar-refractivity contribution in [1.29, 1.82) is 0 Å². The second-order valence-corrected chi connectivity index (χ2v) is 5.05. The monoisotopic (exact) mass is 244 g/mol. The molecule has 1 aromatic heterocycles. The van der Waals surface area contributed by atoms with E-state index in [0.29, 0.717) is 5.69 Å². The SMILES string of the molecule is CC(C)(C)/[N+]([O-])=C/c1cn(-c2ccccc2)nn1. The molecule has 0 atom stereocenters. The Labute approximate surface area is 106 Å². The van der Waals surface area contributed by atoms with Gasteiger partial charge in [0.25, 0.3) is 0 Å². The number of hydrogen-bond donors (Lipinski definition) is 0. The molecule has 5 heteroatoms. The fourth-order valence-electron chi connectivity index (χ4n) is 1.36. The number of hydrogen-bond acceptors (Lipinski definition) is 3. The molecule has 2 aromatic rings. The van der Waals surface area contributed by atoms with Gasteiger partial charge in [0.05, 0.1) is 11.9 Å². The molecular formula is C13H16N4O. The van der Waals surface area contributed by atoms with Gasteiger partial charge in [0, 0.05) is 20.8 Å². The molecule has 0 saturated heterocycles. The van der Waals surface area contributed by atoms with Crippen molar-refractivity contribution in [2.45, 2.75) is 26.3 Å². The van der Waals surface area contributed by atoms with Gasteiger partial charge in [-0.25, -0.2) is 9.42 Å². The quantitative estimate of drug-likeness (QED) is 0.351. The first kappa shape index (κ1) is 12.3. The lowest BCUT2D eigenvalue weighted by Crippen LogP contribution is -2.29. The van der Waals surface area contributed by atoms with Crippen LogP contribution in [0.5, 0.6) is 0 Å². The van der Waals surface area contributed by atoms with Crippen LogP contribution in [0.25, 0.3) is 5.69 Å². The molecule has 1 aromatic carbocycles. The first-order valence-corrected chi connectivity index (χ1v) is 5.76. The number of rotatable bonds is 2. The van der Waals surface area contributed by atoms with Gasteiger partial charge in [0.15, 0.2) is 11.2 Å². The predicted molar refractivity (Wildman–Crippen MR) is 69.9 cm³/mol. The van der Waals surface area contributed by atoms with E-state index < -0.39 is 5.54 Å². The summed E-state index contributed by atoms with van der Waals surface area (Å²) in [6.07, 6.45) is 3.18. The average molecular weight is 244 g/mol. The van der Waals surface area contributed by atoms with Crippen molar-refractivity contribution < 1.29 is 4.74 Å². The Hall–Kier alpha value is -2.17. The topological polar surface area (TPSA) is 56.8 Å².